The molecule has 2 nitrogen and oxygen atoms in total. The highest BCUT2D eigenvalue weighted by atomic mass is 35.5. The van der Waals surface area contributed by atoms with E-state index in [0.29, 0.717) is 11.8 Å². The molecule has 0 spiro atoms. The molecule has 1 aromatic carbocycles. The lowest BCUT2D eigenvalue weighted by Gasteiger charge is -2.01. The number of benzene rings is 1. The average molecular weight is 174 g/mol. The van der Waals surface area contributed by atoms with E-state index in [0.717, 1.165) is 0 Å². The van der Waals surface area contributed by atoms with Crippen molar-refractivity contribution in [3.8, 4) is 5.75 Å². The number of hydrogen-bond acceptors (Lipinski definition) is 2. The number of aldehydes is 1. The Balaban J connectivity index is 2.95. The maximum Gasteiger partial charge on any atom is 0.150 e. The van der Waals surface area contributed by atoms with Crippen molar-refractivity contribution in [1.29, 1.82) is 0 Å². The van der Waals surface area contributed by atoms with Crippen LogP contribution in [0.2, 0.25) is 5.02 Å². The van der Waals surface area contributed by atoms with E-state index in [2.05, 4.69) is 4.74 Å². The van der Waals surface area contributed by atoms with E-state index in [-0.39, 0.29) is 10.8 Å². The molecular formula is C8H7ClO2. The van der Waals surface area contributed by atoms with Gasteiger partial charge in [-0.05, 0) is 18.2 Å². The fourth-order valence-electron chi connectivity index (χ4n) is 0.673. The van der Waals surface area contributed by atoms with E-state index in [1.165, 1.54) is 18.2 Å². The molecule has 0 bridgehead atoms. The molecule has 11 heavy (non-hydrogen) atoms. The van der Waals surface area contributed by atoms with Gasteiger partial charge in [-0.25, -0.2) is 0 Å². The Bertz CT molecular complexity index is 349. The number of halogens is 1. The van der Waals surface area contributed by atoms with Crippen molar-refractivity contribution in [3.05, 3.63) is 28.8 Å². The maximum atomic E-state index is 10.3. The van der Waals surface area contributed by atoms with Crippen molar-refractivity contribution < 1.29 is 13.6 Å². The van der Waals surface area contributed by atoms with Gasteiger partial charge in [-0.2, -0.15) is 0 Å². The van der Waals surface area contributed by atoms with Crippen molar-refractivity contribution >= 4 is 17.9 Å². The number of methoxy groups -OCH3 is 1. The van der Waals surface area contributed by atoms with Crippen LogP contribution < -0.4 is 4.74 Å². The molecule has 0 amide bonds. The van der Waals surface area contributed by atoms with E-state index in [4.69, 9.17) is 15.7 Å². The van der Waals surface area contributed by atoms with Crippen LogP contribution in [0.25, 0.3) is 0 Å². The zero-order chi connectivity index (χ0) is 10.8. The van der Waals surface area contributed by atoms with Gasteiger partial charge in [0.1, 0.15) is 12.0 Å². The van der Waals surface area contributed by atoms with Crippen LogP contribution in [-0.4, -0.2) is 13.3 Å². The minimum atomic E-state index is -2.54. The lowest BCUT2D eigenvalue weighted by atomic mass is 10.2. The monoisotopic (exact) mass is 173 g/mol. The van der Waals surface area contributed by atoms with Crippen molar-refractivity contribution in [2.45, 2.75) is 0 Å². The molecule has 0 radical (unpaired) electrons. The summed E-state index contributed by atoms with van der Waals surface area (Å²) in [5.41, 5.74) is 0.368. The van der Waals surface area contributed by atoms with Gasteiger partial charge >= 0.3 is 0 Å². The number of hydrogen-bond donors (Lipinski definition) is 0. The molecule has 0 atom stereocenters. The molecule has 0 fully saturated rings. The van der Waals surface area contributed by atoms with Crippen LogP contribution in [0.15, 0.2) is 18.2 Å². The summed E-state index contributed by atoms with van der Waals surface area (Å²) < 4.78 is 25.1. The average Bonchev–Trinajstić information content (AvgIpc) is 2.06. The first-order valence-corrected chi connectivity index (χ1v) is 3.24. The zero-order valence-corrected chi connectivity index (χ0v) is 6.26. The highest BCUT2D eigenvalue weighted by Gasteiger charge is 1.99. The molecule has 0 saturated heterocycles. The standard InChI is InChI=1S/C8H7ClO2/c1-11-8-3-2-6(5-10)4-7(8)9/h2-5H,1H3/i1D3. The van der Waals surface area contributed by atoms with Gasteiger partial charge < -0.3 is 4.74 Å². The van der Waals surface area contributed by atoms with Crippen molar-refractivity contribution in [2.75, 3.05) is 7.04 Å². The highest BCUT2D eigenvalue weighted by molar-refractivity contribution is 6.32. The third kappa shape index (κ3) is 1.71. The van der Waals surface area contributed by atoms with Gasteiger partial charge in [0.15, 0.2) is 0 Å². The second kappa shape index (κ2) is 3.39. The number of carbonyl (C=O) groups excluding carboxylic acids is 1. The Hall–Kier alpha value is -1.02. The largest absolute Gasteiger partial charge is 0.495 e. The quantitative estimate of drug-likeness (QED) is 0.641. The van der Waals surface area contributed by atoms with Crippen molar-refractivity contribution in [3.63, 3.8) is 0 Å². The van der Waals surface area contributed by atoms with Crippen molar-refractivity contribution in [2.24, 2.45) is 0 Å². The van der Waals surface area contributed by atoms with Crippen LogP contribution >= 0.6 is 11.6 Å². The first-order valence-electron chi connectivity index (χ1n) is 4.36. The fraction of sp³-hybridized carbons (Fsp3) is 0.125. The zero-order valence-electron chi connectivity index (χ0n) is 8.50. The smallest absolute Gasteiger partial charge is 0.150 e. The Morgan fingerprint density at radius 2 is 2.55 bits per heavy atom. The van der Waals surface area contributed by atoms with Gasteiger partial charge in [-0.1, -0.05) is 11.6 Å². The van der Waals surface area contributed by atoms with E-state index >= 15 is 0 Å². The Morgan fingerprint density at radius 1 is 1.73 bits per heavy atom. The molecule has 58 valence electrons. The van der Waals surface area contributed by atoms with Gasteiger partial charge in [-0.15, -0.1) is 0 Å². The molecular weight excluding hydrogens is 164 g/mol. The summed E-state index contributed by atoms with van der Waals surface area (Å²) in [5, 5.41) is 0.103. The molecule has 1 aromatic rings. The Labute approximate surface area is 74.0 Å². The van der Waals surface area contributed by atoms with Crippen LogP contribution in [0, 0.1) is 0 Å². The SMILES string of the molecule is [2H]C([2H])([2H])Oc1ccc(C=O)cc1Cl. The summed E-state index contributed by atoms with van der Waals surface area (Å²) >= 11 is 5.68. The van der Waals surface area contributed by atoms with Gasteiger partial charge in [0, 0.05) is 5.56 Å². The predicted molar refractivity (Wildman–Crippen MR) is 43.4 cm³/mol. The van der Waals surface area contributed by atoms with Gasteiger partial charge in [-0.3, -0.25) is 4.79 Å². The lowest BCUT2D eigenvalue weighted by molar-refractivity contribution is 0.112. The summed E-state index contributed by atoms with van der Waals surface area (Å²) in [7, 11) is -2.54. The predicted octanol–water partition coefficient (Wildman–Crippen LogP) is 2.16. The molecule has 0 N–H and O–H groups in total. The normalized spacial score (nSPS) is 14.5. The van der Waals surface area contributed by atoms with E-state index < -0.39 is 7.04 Å². The second-order valence-electron chi connectivity index (χ2n) is 1.91. The summed E-state index contributed by atoms with van der Waals surface area (Å²) in [6.07, 6.45) is 0.616. The third-order valence-electron chi connectivity index (χ3n) is 1.20. The highest BCUT2D eigenvalue weighted by Crippen LogP contribution is 2.23. The van der Waals surface area contributed by atoms with Gasteiger partial charge in [0.05, 0.1) is 16.2 Å². The van der Waals surface area contributed by atoms with Crippen LogP contribution in [0.3, 0.4) is 0 Å². The number of ether oxygens (including phenoxy) is 1. The molecule has 0 aliphatic carbocycles. The summed E-state index contributed by atoms with van der Waals surface area (Å²) in [6, 6.07) is 4.12. The second-order valence-corrected chi connectivity index (χ2v) is 2.32. The maximum absolute atomic E-state index is 10.3. The molecule has 0 heterocycles. The minimum absolute atomic E-state index is 0.0391. The molecule has 3 heteroatoms. The van der Waals surface area contributed by atoms with Crippen LogP contribution in [-0.2, 0) is 0 Å². The van der Waals surface area contributed by atoms with Crippen LogP contribution in [0.4, 0.5) is 0 Å². The van der Waals surface area contributed by atoms with Crippen molar-refractivity contribution in [1.82, 2.24) is 0 Å². The molecule has 1 rings (SSSR count). The number of carbonyl (C=O) groups is 1. The minimum Gasteiger partial charge on any atom is -0.495 e. The first kappa shape index (κ1) is 4.78. The fourth-order valence-corrected chi connectivity index (χ4v) is 0.901. The Morgan fingerprint density at radius 3 is 3.09 bits per heavy atom. The van der Waals surface area contributed by atoms with E-state index in [1.54, 1.807) is 0 Å². The van der Waals surface area contributed by atoms with Crippen LogP contribution in [0.1, 0.15) is 14.5 Å². The topological polar surface area (TPSA) is 26.3 Å². The lowest BCUT2D eigenvalue weighted by Crippen LogP contribution is -1.85. The summed E-state index contributed by atoms with van der Waals surface area (Å²) in [5.74, 6) is 0.0391. The third-order valence-corrected chi connectivity index (χ3v) is 1.50. The Kier molecular flexibility index (Phi) is 1.47. The molecule has 0 aliphatic heterocycles. The van der Waals surface area contributed by atoms with E-state index in [1.807, 2.05) is 0 Å². The molecule has 0 aromatic heterocycles. The van der Waals surface area contributed by atoms with E-state index in [9.17, 15) is 4.79 Å². The van der Waals surface area contributed by atoms with Crippen LogP contribution in [0.5, 0.6) is 5.75 Å². The molecule has 0 saturated carbocycles. The molecule has 0 unspecified atom stereocenters. The number of rotatable bonds is 2. The summed E-state index contributed by atoms with van der Waals surface area (Å²) in [6.45, 7) is 0. The van der Waals surface area contributed by atoms with Gasteiger partial charge in [0.2, 0.25) is 0 Å². The first-order chi connectivity index (χ1) is 6.42. The van der Waals surface area contributed by atoms with Gasteiger partial charge in [0.25, 0.3) is 0 Å². The summed E-state index contributed by atoms with van der Waals surface area (Å²) in [4.78, 5) is 10.3. The molecule has 0 aliphatic rings.